The van der Waals surface area contributed by atoms with Crippen LogP contribution in [-0.4, -0.2) is 30.8 Å². The Balaban J connectivity index is 2.99. The predicted octanol–water partition coefficient (Wildman–Crippen LogP) is 2.79. The molecule has 0 bridgehead atoms. The Morgan fingerprint density at radius 3 is 2.50 bits per heavy atom. The van der Waals surface area contributed by atoms with Crippen molar-refractivity contribution in [3.8, 4) is 0 Å². The molecule has 4 nitrogen and oxygen atoms in total. The summed E-state index contributed by atoms with van der Waals surface area (Å²) >= 11 is 5.66. The van der Waals surface area contributed by atoms with E-state index in [1.807, 2.05) is 13.8 Å². The average Bonchev–Trinajstić information content (AvgIpc) is 2.35. The van der Waals surface area contributed by atoms with Gasteiger partial charge in [-0.15, -0.1) is 0 Å². The fourth-order valence-electron chi connectivity index (χ4n) is 1.54. The van der Waals surface area contributed by atoms with Gasteiger partial charge in [0.25, 0.3) is 0 Å². The van der Waals surface area contributed by atoms with Crippen LogP contribution in [0.3, 0.4) is 0 Å². The number of aromatic nitrogens is 1. The monoisotopic (exact) mass is 290 g/mol. The second-order valence-electron chi connectivity index (χ2n) is 4.29. The van der Waals surface area contributed by atoms with Crippen LogP contribution < -0.4 is 0 Å². The quantitative estimate of drug-likeness (QED) is 0.757. The van der Waals surface area contributed by atoms with Crippen LogP contribution in [0.5, 0.6) is 0 Å². The van der Waals surface area contributed by atoms with Crippen LogP contribution in [-0.2, 0) is 10.0 Å². The summed E-state index contributed by atoms with van der Waals surface area (Å²) in [6.07, 6.45) is 2.25. The molecule has 0 aromatic carbocycles. The Hall–Kier alpha value is -0.650. The summed E-state index contributed by atoms with van der Waals surface area (Å²) in [5.41, 5.74) is 0. The molecular weight excluding hydrogens is 272 g/mol. The standard InChI is InChI=1S/C12H19ClN2O2S/c1-4-10(3)9-15(5-2)18(16,17)11-6-7-12(13)14-8-11/h6-8,10H,4-5,9H2,1-3H3. The Bertz CT molecular complexity index is 473. The molecule has 0 amide bonds. The maximum Gasteiger partial charge on any atom is 0.244 e. The third-order valence-corrected chi connectivity index (χ3v) is 5.05. The van der Waals surface area contributed by atoms with Gasteiger partial charge in [0.1, 0.15) is 10.0 Å². The second kappa shape index (κ2) is 6.50. The van der Waals surface area contributed by atoms with Gasteiger partial charge in [-0.1, -0.05) is 38.8 Å². The highest BCUT2D eigenvalue weighted by molar-refractivity contribution is 7.89. The number of rotatable bonds is 6. The summed E-state index contributed by atoms with van der Waals surface area (Å²) in [5, 5.41) is 0.291. The van der Waals surface area contributed by atoms with Gasteiger partial charge in [-0.2, -0.15) is 4.31 Å². The second-order valence-corrected chi connectivity index (χ2v) is 6.61. The zero-order valence-electron chi connectivity index (χ0n) is 10.9. The van der Waals surface area contributed by atoms with Crippen LogP contribution in [0.25, 0.3) is 0 Å². The molecule has 1 heterocycles. The maximum absolute atomic E-state index is 12.4. The first-order valence-corrected chi connectivity index (χ1v) is 7.85. The van der Waals surface area contributed by atoms with Crippen LogP contribution in [0, 0.1) is 5.92 Å². The lowest BCUT2D eigenvalue weighted by Gasteiger charge is -2.23. The minimum Gasteiger partial charge on any atom is -0.243 e. The van der Waals surface area contributed by atoms with Crippen molar-refractivity contribution in [3.05, 3.63) is 23.5 Å². The first-order valence-electron chi connectivity index (χ1n) is 6.03. The van der Waals surface area contributed by atoms with E-state index in [4.69, 9.17) is 11.6 Å². The van der Waals surface area contributed by atoms with Gasteiger partial charge in [0.2, 0.25) is 10.0 Å². The maximum atomic E-state index is 12.4. The summed E-state index contributed by atoms with van der Waals surface area (Å²) in [6.45, 7) is 6.91. The molecule has 1 atom stereocenters. The van der Waals surface area contributed by atoms with Crippen molar-refractivity contribution in [2.24, 2.45) is 5.92 Å². The van der Waals surface area contributed by atoms with E-state index in [2.05, 4.69) is 11.9 Å². The lowest BCUT2D eigenvalue weighted by atomic mass is 10.1. The first kappa shape index (κ1) is 15.4. The van der Waals surface area contributed by atoms with Gasteiger partial charge in [0.05, 0.1) is 0 Å². The number of hydrogen-bond donors (Lipinski definition) is 0. The minimum atomic E-state index is -3.46. The van der Waals surface area contributed by atoms with E-state index >= 15 is 0 Å². The zero-order valence-corrected chi connectivity index (χ0v) is 12.5. The van der Waals surface area contributed by atoms with Crippen molar-refractivity contribution in [2.45, 2.75) is 32.1 Å². The molecule has 1 aromatic heterocycles. The van der Waals surface area contributed by atoms with Crippen LogP contribution in [0.2, 0.25) is 5.15 Å². The number of nitrogens with zero attached hydrogens (tertiary/aromatic N) is 2. The molecule has 0 spiro atoms. The van der Waals surface area contributed by atoms with E-state index in [0.717, 1.165) is 6.42 Å². The van der Waals surface area contributed by atoms with E-state index in [9.17, 15) is 8.42 Å². The molecule has 0 saturated carbocycles. The van der Waals surface area contributed by atoms with E-state index < -0.39 is 10.0 Å². The van der Waals surface area contributed by atoms with Crippen molar-refractivity contribution in [1.29, 1.82) is 0 Å². The molecule has 1 rings (SSSR count). The molecule has 0 fully saturated rings. The van der Waals surface area contributed by atoms with E-state index in [-0.39, 0.29) is 4.90 Å². The van der Waals surface area contributed by atoms with Gasteiger partial charge in [0.15, 0.2) is 0 Å². The Kier molecular flexibility index (Phi) is 5.56. The zero-order chi connectivity index (χ0) is 13.8. The topological polar surface area (TPSA) is 50.3 Å². The highest BCUT2D eigenvalue weighted by atomic mass is 35.5. The van der Waals surface area contributed by atoms with Gasteiger partial charge in [-0.05, 0) is 18.1 Å². The summed E-state index contributed by atoms with van der Waals surface area (Å²) in [5.74, 6) is 0.333. The predicted molar refractivity (Wildman–Crippen MR) is 73.1 cm³/mol. The molecule has 0 aliphatic rings. The van der Waals surface area contributed by atoms with E-state index in [0.29, 0.717) is 24.2 Å². The van der Waals surface area contributed by atoms with E-state index in [1.54, 1.807) is 0 Å². The smallest absolute Gasteiger partial charge is 0.243 e. The third-order valence-electron chi connectivity index (χ3n) is 2.90. The van der Waals surface area contributed by atoms with Gasteiger partial charge in [0, 0.05) is 19.3 Å². The third kappa shape index (κ3) is 3.67. The Labute approximate surface area is 114 Å². The molecule has 6 heteroatoms. The highest BCUT2D eigenvalue weighted by Gasteiger charge is 2.24. The summed E-state index contributed by atoms with van der Waals surface area (Å²) in [7, 11) is -3.46. The van der Waals surface area contributed by atoms with Gasteiger partial charge in [-0.25, -0.2) is 13.4 Å². The van der Waals surface area contributed by atoms with Crippen molar-refractivity contribution in [1.82, 2.24) is 9.29 Å². The summed E-state index contributed by atoms with van der Waals surface area (Å²) in [6, 6.07) is 2.98. The van der Waals surface area contributed by atoms with Crippen LogP contribution in [0.1, 0.15) is 27.2 Å². The average molecular weight is 291 g/mol. The fraction of sp³-hybridized carbons (Fsp3) is 0.583. The van der Waals surface area contributed by atoms with Crippen LogP contribution >= 0.6 is 11.6 Å². The van der Waals surface area contributed by atoms with Crippen molar-refractivity contribution in [2.75, 3.05) is 13.1 Å². The van der Waals surface area contributed by atoms with Gasteiger partial charge < -0.3 is 0 Å². The molecule has 0 radical (unpaired) electrons. The number of halogens is 1. The van der Waals surface area contributed by atoms with Crippen LogP contribution in [0.15, 0.2) is 23.2 Å². The Morgan fingerprint density at radius 2 is 2.06 bits per heavy atom. The molecule has 102 valence electrons. The minimum absolute atomic E-state index is 0.192. The molecule has 0 N–H and O–H groups in total. The summed E-state index contributed by atoms with van der Waals surface area (Å²) in [4.78, 5) is 4.01. The van der Waals surface area contributed by atoms with Gasteiger partial charge in [-0.3, -0.25) is 0 Å². The number of pyridine rings is 1. The largest absolute Gasteiger partial charge is 0.244 e. The molecule has 0 aliphatic heterocycles. The van der Waals surface area contributed by atoms with Crippen molar-refractivity contribution in [3.63, 3.8) is 0 Å². The molecule has 18 heavy (non-hydrogen) atoms. The van der Waals surface area contributed by atoms with Crippen molar-refractivity contribution >= 4 is 21.6 Å². The summed E-state index contributed by atoms with van der Waals surface area (Å²) < 4.78 is 26.2. The molecule has 0 aliphatic carbocycles. The van der Waals surface area contributed by atoms with Crippen molar-refractivity contribution < 1.29 is 8.42 Å². The Morgan fingerprint density at radius 1 is 1.39 bits per heavy atom. The molecular formula is C12H19ClN2O2S. The lowest BCUT2D eigenvalue weighted by Crippen LogP contribution is -2.34. The number of sulfonamides is 1. The lowest BCUT2D eigenvalue weighted by molar-refractivity contribution is 0.361. The molecule has 1 unspecified atom stereocenters. The highest BCUT2D eigenvalue weighted by Crippen LogP contribution is 2.18. The molecule has 0 saturated heterocycles. The SMILES string of the molecule is CCC(C)CN(CC)S(=O)(=O)c1ccc(Cl)nc1. The van der Waals surface area contributed by atoms with Gasteiger partial charge >= 0.3 is 0 Å². The normalized spacial score (nSPS) is 13.8. The van der Waals surface area contributed by atoms with Crippen LogP contribution in [0.4, 0.5) is 0 Å². The van der Waals surface area contributed by atoms with E-state index in [1.165, 1.54) is 22.6 Å². The fourth-order valence-corrected chi connectivity index (χ4v) is 3.16. The first-order chi connectivity index (χ1) is 8.41. The number of hydrogen-bond acceptors (Lipinski definition) is 3. The molecule has 1 aromatic rings.